The van der Waals surface area contributed by atoms with E-state index in [-0.39, 0.29) is 23.8 Å². The molecule has 2 heterocycles. The van der Waals surface area contributed by atoms with Crippen molar-refractivity contribution in [3.63, 3.8) is 0 Å². The lowest BCUT2D eigenvalue weighted by molar-refractivity contribution is -0.524. The second-order valence-corrected chi connectivity index (χ2v) is 7.32. The van der Waals surface area contributed by atoms with Crippen LogP contribution in [0.25, 0.3) is 16.8 Å². The fourth-order valence-electron chi connectivity index (χ4n) is 3.05. The number of imidazole rings is 1. The van der Waals surface area contributed by atoms with Gasteiger partial charge < -0.3 is 4.98 Å². The molecule has 0 saturated carbocycles. The highest BCUT2D eigenvalue weighted by atomic mass is 35.5. The third-order valence-corrected chi connectivity index (χ3v) is 5.72. The number of rotatable bonds is 4. The fourth-order valence-corrected chi connectivity index (χ4v) is 4.30. The molecule has 4 rings (SSSR count). The monoisotopic (exact) mass is 388 g/mol. The number of aromatic nitrogens is 3. The van der Waals surface area contributed by atoms with Crippen molar-refractivity contribution in [3.05, 3.63) is 70.1 Å². The van der Waals surface area contributed by atoms with E-state index >= 15 is 0 Å². The van der Waals surface area contributed by atoms with Crippen molar-refractivity contribution in [2.24, 2.45) is 0 Å². The van der Waals surface area contributed by atoms with Crippen molar-refractivity contribution in [2.45, 2.75) is 29.5 Å². The second-order valence-electron chi connectivity index (χ2n) is 5.97. The molecule has 1 aliphatic carbocycles. The van der Waals surface area contributed by atoms with Gasteiger partial charge in [-0.1, -0.05) is 19.1 Å². The molecule has 1 aromatic carbocycles. The third kappa shape index (κ3) is 3.08. The number of pyridine rings is 1. The zero-order chi connectivity index (χ0) is 17.4. The van der Waals surface area contributed by atoms with Crippen LogP contribution in [0.3, 0.4) is 0 Å². The Balaban J connectivity index is 0.00000196. The van der Waals surface area contributed by atoms with Gasteiger partial charge in [0.05, 0.1) is 17.8 Å². The highest BCUT2D eigenvalue weighted by Crippen LogP contribution is 2.43. The van der Waals surface area contributed by atoms with Gasteiger partial charge in [0.2, 0.25) is 0 Å². The average Bonchev–Trinajstić information content (AvgIpc) is 3.04. The first-order chi connectivity index (χ1) is 12.1. The van der Waals surface area contributed by atoms with Crippen LogP contribution in [0.2, 0.25) is 0 Å². The normalized spacial score (nSPS) is 18.3. The Kier molecular flexibility index (Phi) is 5.02. The smallest absolute Gasteiger partial charge is 0.295 e. The molecule has 1 N–H and O–H groups in total. The van der Waals surface area contributed by atoms with E-state index in [1.807, 2.05) is 31.2 Å². The number of halogens is 1. The summed E-state index contributed by atoms with van der Waals surface area (Å²) in [5, 5.41) is 13.9. The molecule has 0 amide bonds. The minimum atomic E-state index is -1.25. The first-order valence-corrected chi connectivity index (χ1v) is 8.86. The van der Waals surface area contributed by atoms with Gasteiger partial charge in [0.1, 0.15) is 5.82 Å². The molecule has 0 bridgehead atoms. The molecular formula is C18H17ClN4O2S. The van der Waals surface area contributed by atoms with Crippen LogP contribution in [-0.4, -0.2) is 24.7 Å². The molecule has 134 valence electrons. The van der Waals surface area contributed by atoms with Crippen molar-refractivity contribution in [1.29, 1.82) is 0 Å². The molecule has 0 radical (unpaired) electrons. The number of hydrogen-bond donors (Lipinski definition) is 1. The van der Waals surface area contributed by atoms with Crippen LogP contribution in [0.5, 0.6) is 0 Å². The number of aryl methyl sites for hydroxylation is 1. The van der Waals surface area contributed by atoms with E-state index in [0.29, 0.717) is 0 Å². The molecule has 1 aliphatic rings. The number of benzene rings is 1. The van der Waals surface area contributed by atoms with Gasteiger partial charge in [-0.05, 0) is 35.4 Å². The predicted octanol–water partition coefficient (Wildman–Crippen LogP) is 4.28. The summed E-state index contributed by atoms with van der Waals surface area (Å²) in [5.74, 6) is 0.857. The van der Waals surface area contributed by atoms with Gasteiger partial charge in [-0.2, -0.15) is 0 Å². The summed E-state index contributed by atoms with van der Waals surface area (Å²) in [4.78, 5) is 23.2. The molecule has 8 heteroatoms. The van der Waals surface area contributed by atoms with E-state index in [4.69, 9.17) is 0 Å². The fraction of sp³-hybridized carbons (Fsp3) is 0.222. The Morgan fingerprint density at radius 1 is 1.38 bits per heavy atom. The Morgan fingerprint density at radius 3 is 3.00 bits per heavy atom. The van der Waals surface area contributed by atoms with Crippen LogP contribution in [-0.2, 0) is 12.8 Å². The van der Waals surface area contributed by atoms with Crippen molar-refractivity contribution in [3.8, 4) is 0 Å². The average molecular weight is 389 g/mol. The Labute approximate surface area is 160 Å². The van der Waals surface area contributed by atoms with E-state index in [1.54, 1.807) is 24.5 Å². The predicted molar refractivity (Wildman–Crippen MR) is 105 cm³/mol. The quantitative estimate of drug-likeness (QED) is 0.409. The molecule has 1 unspecified atom stereocenters. The van der Waals surface area contributed by atoms with Gasteiger partial charge >= 0.3 is 0 Å². The minimum Gasteiger partial charge on any atom is -0.345 e. The van der Waals surface area contributed by atoms with Crippen LogP contribution >= 0.6 is 24.2 Å². The van der Waals surface area contributed by atoms with Crippen molar-refractivity contribution in [1.82, 2.24) is 15.0 Å². The van der Waals surface area contributed by atoms with E-state index in [0.717, 1.165) is 39.3 Å². The SMILES string of the molecule is CCc1nc2c([nH]1)CC(Sc1cccc3cnccc13)([N+](=O)[O-])C=C2.Cl. The summed E-state index contributed by atoms with van der Waals surface area (Å²) in [5.41, 5.74) is 1.63. The van der Waals surface area contributed by atoms with Crippen LogP contribution in [0.1, 0.15) is 24.1 Å². The van der Waals surface area contributed by atoms with Crippen LogP contribution in [0, 0.1) is 10.1 Å². The molecule has 1 atom stereocenters. The summed E-state index contributed by atoms with van der Waals surface area (Å²) in [6.07, 6.45) is 7.97. The molecule has 0 saturated heterocycles. The van der Waals surface area contributed by atoms with Gasteiger partial charge in [-0.3, -0.25) is 15.1 Å². The lowest BCUT2D eigenvalue weighted by Gasteiger charge is -2.24. The number of thioether (sulfide) groups is 1. The third-order valence-electron chi connectivity index (χ3n) is 4.36. The largest absolute Gasteiger partial charge is 0.345 e. The molecule has 6 nitrogen and oxygen atoms in total. The van der Waals surface area contributed by atoms with Crippen molar-refractivity contribution in [2.75, 3.05) is 0 Å². The maximum Gasteiger partial charge on any atom is 0.295 e. The number of hydrogen-bond acceptors (Lipinski definition) is 5. The van der Waals surface area contributed by atoms with Gasteiger partial charge in [0.25, 0.3) is 4.87 Å². The summed E-state index contributed by atoms with van der Waals surface area (Å²) < 4.78 is 0. The first-order valence-electron chi connectivity index (χ1n) is 8.04. The zero-order valence-electron chi connectivity index (χ0n) is 14.0. The zero-order valence-corrected chi connectivity index (χ0v) is 15.6. The number of nitrogens with zero attached hydrogens (tertiary/aromatic N) is 3. The molecule has 0 fully saturated rings. The highest BCUT2D eigenvalue weighted by molar-refractivity contribution is 8.00. The number of nitrogens with one attached hydrogen (secondary N) is 1. The first kappa shape index (κ1) is 18.4. The van der Waals surface area contributed by atoms with E-state index < -0.39 is 4.87 Å². The van der Waals surface area contributed by atoms with Crippen LogP contribution in [0.15, 0.2) is 47.6 Å². The molecule has 0 spiro atoms. The second kappa shape index (κ2) is 7.09. The van der Waals surface area contributed by atoms with E-state index in [2.05, 4.69) is 15.0 Å². The summed E-state index contributed by atoms with van der Waals surface area (Å²) >= 11 is 1.27. The highest BCUT2D eigenvalue weighted by Gasteiger charge is 2.45. The number of aromatic amines is 1. The Bertz CT molecular complexity index is 999. The maximum absolute atomic E-state index is 12.0. The van der Waals surface area contributed by atoms with Gasteiger partial charge in [0.15, 0.2) is 0 Å². The molecule has 2 aromatic heterocycles. The molecule has 0 aliphatic heterocycles. The van der Waals surface area contributed by atoms with Gasteiger partial charge in [-0.15, -0.1) is 12.4 Å². The molecule has 26 heavy (non-hydrogen) atoms. The van der Waals surface area contributed by atoms with Crippen molar-refractivity contribution >= 4 is 41.0 Å². The summed E-state index contributed by atoms with van der Waals surface area (Å²) in [6, 6.07) is 7.69. The van der Waals surface area contributed by atoms with Crippen molar-refractivity contribution < 1.29 is 4.92 Å². The van der Waals surface area contributed by atoms with Gasteiger partial charge in [-0.25, -0.2) is 4.98 Å². The molecule has 3 aromatic rings. The topological polar surface area (TPSA) is 84.7 Å². The van der Waals surface area contributed by atoms with E-state index in [9.17, 15) is 10.1 Å². The summed E-state index contributed by atoms with van der Waals surface area (Å²) in [7, 11) is 0. The van der Waals surface area contributed by atoms with Crippen LogP contribution < -0.4 is 0 Å². The number of nitro groups is 1. The standard InChI is InChI=1S/C18H16N4O2S.ClH/c1-2-17-20-14-6-8-18(22(23)24,10-15(14)21-17)25-16-5-3-4-12-11-19-9-7-13(12)16;/h3-9,11H,2,10H2,1H3,(H,20,21);1H. The molecular weight excluding hydrogens is 372 g/mol. The lowest BCUT2D eigenvalue weighted by atomic mass is 10.0. The Morgan fingerprint density at radius 2 is 2.23 bits per heavy atom. The van der Waals surface area contributed by atoms with E-state index in [1.165, 1.54) is 11.8 Å². The number of H-pyrrole nitrogens is 1. The Hall–Kier alpha value is -2.38. The van der Waals surface area contributed by atoms with Crippen LogP contribution in [0.4, 0.5) is 0 Å². The minimum absolute atomic E-state index is 0. The van der Waals surface area contributed by atoms with Gasteiger partial charge in [0, 0.05) is 40.1 Å². The number of fused-ring (bicyclic) bond motifs is 2. The lowest BCUT2D eigenvalue weighted by Crippen LogP contribution is -2.36. The maximum atomic E-state index is 12.0. The summed E-state index contributed by atoms with van der Waals surface area (Å²) in [6.45, 7) is 2.01.